The predicted molar refractivity (Wildman–Crippen MR) is 50.2 cm³/mol. The van der Waals surface area contributed by atoms with Crippen molar-refractivity contribution in [3.05, 3.63) is 33.9 Å². The third kappa shape index (κ3) is 1.68. The SMILES string of the molecule is Nc1ccc(CS)cc1[N+](=O)[O-]. The van der Waals surface area contributed by atoms with Crippen LogP contribution in [0.5, 0.6) is 0 Å². The summed E-state index contributed by atoms with van der Waals surface area (Å²) < 4.78 is 0. The van der Waals surface area contributed by atoms with Crippen molar-refractivity contribution in [2.75, 3.05) is 5.73 Å². The average Bonchev–Trinajstić information content (AvgIpc) is 2.05. The van der Waals surface area contributed by atoms with Crippen molar-refractivity contribution >= 4 is 24.0 Å². The number of nitro benzene ring substituents is 1. The Labute approximate surface area is 74.9 Å². The van der Waals surface area contributed by atoms with Gasteiger partial charge in [0.2, 0.25) is 0 Å². The summed E-state index contributed by atoms with van der Waals surface area (Å²) in [6, 6.07) is 4.67. The molecule has 0 aromatic heterocycles. The van der Waals surface area contributed by atoms with E-state index in [-0.39, 0.29) is 11.4 Å². The molecule has 1 aromatic rings. The van der Waals surface area contributed by atoms with Crippen molar-refractivity contribution in [2.24, 2.45) is 0 Å². The van der Waals surface area contributed by atoms with Crippen LogP contribution in [0.1, 0.15) is 5.56 Å². The fourth-order valence-corrected chi connectivity index (χ4v) is 1.04. The Morgan fingerprint density at radius 3 is 2.75 bits per heavy atom. The van der Waals surface area contributed by atoms with Crippen molar-refractivity contribution < 1.29 is 4.92 Å². The first-order valence-corrected chi connectivity index (χ1v) is 3.92. The molecule has 0 saturated carbocycles. The van der Waals surface area contributed by atoms with Crippen LogP contribution in [0.25, 0.3) is 0 Å². The van der Waals surface area contributed by atoms with Crippen molar-refractivity contribution in [3.8, 4) is 0 Å². The minimum Gasteiger partial charge on any atom is -0.393 e. The van der Waals surface area contributed by atoms with E-state index in [2.05, 4.69) is 12.6 Å². The first-order chi connectivity index (χ1) is 5.65. The molecule has 0 unspecified atom stereocenters. The van der Waals surface area contributed by atoms with Crippen LogP contribution in [-0.2, 0) is 5.75 Å². The number of anilines is 1. The summed E-state index contributed by atoms with van der Waals surface area (Å²) in [4.78, 5) is 9.89. The van der Waals surface area contributed by atoms with Gasteiger partial charge >= 0.3 is 0 Å². The van der Waals surface area contributed by atoms with Crippen molar-refractivity contribution in [2.45, 2.75) is 5.75 Å². The number of nitro groups is 1. The number of nitrogen functional groups attached to an aromatic ring is 1. The van der Waals surface area contributed by atoms with Gasteiger partial charge in [0.1, 0.15) is 5.69 Å². The van der Waals surface area contributed by atoms with E-state index in [4.69, 9.17) is 5.73 Å². The zero-order chi connectivity index (χ0) is 9.14. The van der Waals surface area contributed by atoms with Gasteiger partial charge < -0.3 is 5.73 Å². The standard InChI is InChI=1S/C7H8N2O2S/c8-6-2-1-5(4-12)3-7(6)9(10)11/h1-3,12H,4,8H2. The molecule has 5 heteroatoms. The summed E-state index contributed by atoms with van der Waals surface area (Å²) in [5.41, 5.74) is 6.30. The summed E-state index contributed by atoms with van der Waals surface area (Å²) in [6.07, 6.45) is 0. The van der Waals surface area contributed by atoms with Crippen LogP contribution in [-0.4, -0.2) is 4.92 Å². The monoisotopic (exact) mass is 184 g/mol. The number of benzene rings is 1. The summed E-state index contributed by atoms with van der Waals surface area (Å²) >= 11 is 4.00. The smallest absolute Gasteiger partial charge is 0.292 e. The lowest BCUT2D eigenvalue weighted by Crippen LogP contribution is -1.96. The van der Waals surface area contributed by atoms with Gasteiger partial charge in [0.25, 0.3) is 5.69 Å². The molecule has 0 radical (unpaired) electrons. The second-order valence-corrected chi connectivity index (χ2v) is 2.62. The van der Waals surface area contributed by atoms with E-state index in [1.54, 1.807) is 6.07 Å². The minimum absolute atomic E-state index is 0.0541. The van der Waals surface area contributed by atoms with Gasteiger partial charge in [-0.15, -0.1) is 0 Å². The van der Waals surface area contributed by atoms with Gasteiger partial charge in [-0.3, -0.25) is 10.1 Å². The van der Waals surface area contributed by atoms with Crippen LogP contribution in [0.15, 0.2) is 18.2 Å². The molecule has 0 bridgehead atoms. The molecular formula is C7H8N2O2S. The highest BCUT2D eigenvalue weighted by Crippen LogP contribution is 2.22. The van der Waals surface area contributed by atoms with Crippen LogP contribution in [0, 0.1) is 10.1 Å². The molecule has 12 heavy (non-hydrogen) atoms. The lowest BCUT2D eigenvalue weighted by atomic mass is 10.2. The number of hydrogen-bond acceptors (Lipinski definition) is 4. The fourth-order valence-electron chi connectivity index (χ4n) is 0.846. The molecule has 0 aliphatic heterocycles. The Bertz CT molecular complexity index is 314. The summed E-state index contributed by atoms with van der Waals surface area (Å²) in [7, 11) is 0. The van der Waals surface area contributed by atoms with Gasteiger partial charge in [-0.1, -0.05) is 6.07 Å². The number of thiol groups is 1. The summed E-state index contributed by atoms with van der Waals surface area (Å²) in [6.45, 7) is 0. The number of hydrogen-bond donors (Lipinski definition) is 2. The zero-order valence-corrected chi connectivity index (χ0v) is 7.12. The molecule has 0 fully saturated rings. The quantitative estimate of drug-likeness (QED) is 0.317. The Hall–Kier alpha value is -1.23. The van der Waals surface area contributed by atoms with Crippen molar-refractivity contribution in [3.63, 3.8) is 0 Å². The Morgan fingerprint density at radius 1 is 1.58 bits per heavy atom. The molecular weight excluding hydrogens is 176 g/mol. The minimum atomic E-state index is -0.498. The van der Waals surface area contributed by atoms with E-state index < -0.39 is 4.92 Å². The Balaban J connectivity index is 3.17. The second-order valence-electron chi connectivity index (χ2n) is 2.31. The molecule has 2 N–H and O–H groups in total. The van der Waals surface area contributed by atoms with E-state index in [9.17, 15) is 10.1 Å². The van der Waals surface area contributed by atoms with E-state index in [0.717, 1.165) is 5.56 Å². The van der Waals surface area contributed by atoms with E-state index in [1.165, 1.54) is 12.1 Å². The fraction of sp³-hybridized carbons (Fsp3) is 0.143. The number of nitrogens with zero attached hydrogens (tertiary/aromatic N) is 1. The molecule has 0 amide bonds. The molecule has 0 spiro atoms. The van der Waals surface area contributed by atoms with E-state index in [1.807, 2.05) is 0 Å². The highest BCUT2D eigenvalue weighted by molar-refractivity contribution is 7.79. The molecule has 0 atom stereocenters. The third-order valence-corrected chi connectivity index (χ3v) is 1.84. The molecule has 64 valence electrons. The van der Waals surface area contributed by atoms with Gasteiger partial charge in [-0.25, -0.2) is 0 Å². The summed E-state index contributed by atoms with van der Waals surface area (Å²) in [5, 5.41) is 10.4. The van der Waals surface area contributed by atoms with Crippen LogP contribution in [0.4, 0.5) is 11.4 Å². The number of rotatable bonds is 2. The predicted octanol–water partition coefficient (Wildman–Crippen LogP) is 1.61. The van der Waals surface area contributed by atoms with Gasteiger partial charge in [-0.05, 0) is 11.6 Å². The highest BCUT2D eigenvalue weighted by Gasteiger charge is 2.10. The molecule has 0 heterocycles. The zero-order valence-electron chi connectivity index (χ0n) is 6.23. The molecule has 1 aromatic carbocycles. The van der Waals surface area contributed by atoms with E-state index in [0.29, 0.717) is 5.75 Å². The molecule has 0 aliphatic carbocycles. The normalized spacial score (nSPS) is 9.75. The van der Waals surface area contributed by atoms with Gasteiger partial charge in [0, 0.05) is 11.8 Å². The maximum atomic E-state index is 10.4. The molecule has 4 nitrogen and oxygen atoms in total. The Kier molecular flexibility index (Phi) is 2.54. The van der Waals surface area contributed by atoms with Crippen LogP contribution in [0.2, 0.25) is 0 Å². The molecule has 1 rings (SSSR count). The maximum absolute atomic E-state index is 10.4. The lowest BCUT2D eigenvalue weighted by Gasteiger charge is -1.98. The van der Waals surface area contributed by atoms with E-state index >= 15 is 0 Å². The molecule has 0 aliphatic rings. The van der Waals surface area contributed by atoms with Crippen LogP contribution >= 0.6 is 12.6 Å². The lowest BCUT2D eigenvalue weighted by molar-refractivity contribution is -0.383. The van der Waals surface area contributed by atoms with Gasteiger partial charge in [0.15, 0.2) is 0 Å². The summed E-state index contributed by atoms with van der Waals surface area (Å²) in [5.74, 6) is 0.473. The molecule has 0 saturated heterocycles. The van der Waals surface area contributed by atoms with Gasteiger partial charge in [0.05, 0.1) is 4.92 Å². The Morgan fingerprint density at radius 2 is 2.25 bits per heavy atom. The second kappa shape index (κ2) is 3.44. The average molecular weight is 184 g/mol. The third-order valence-electron chi connectivity index (χ3n) is 1.47. The first kappa shape index (κ1) is 8.86. The van der Waals surface area contributed by atoms with Crippen LogP contribution < -0.4 is 5.73 Å². The first-order valence-electron chi connectivity index (χ1n) is 3.29. The largest absolute Gasteiger partial charge is 0.393 e. The maximum Gasteiger partial charge on any atom is 0.292 e. The van der Waals surface area contributed by atoms with Crippen molar-refractivity contribution in [1.29, 1.82) is 0 Å². The highest BCUT2D eigenvalue weighted by atomic mass is 32.1. The van der Waals surface area contributed by atoms with Crippen molar-refractivity contribution in [1.82, 2.24) is 0 Å². The number of nitrogens with two attached hydrogens (primary N) is 1. The topological polar surface area (TPSA) is 69.2 Å². The van der Waals surface area contributed by atoms with Gasteiger partial charge in [-0.2, -0.15) is 12.6 Å². The van der Waals surface area contributed by atoms with Crippen LogP contribution in [0.3, 0.4) is 0 Å².